The number of ether oxygens (including phenoxy) is 1. The van der Waals surface area contributed by atoms with Crippen LogP contribution in [0.2, 0.25) is 0 Å². The predicted octanol–water partition coefficient (Wildman–Crippen LogP) is 2.03. The lowest BCUT2D eigenvalue weighted by atomic mass is 10.1. The van der Waals surface area contributed by atoms with Crippen LogP contribution >= 0.6 is 0 Å². The summed E-state index contributed by atoms with van der Waals surface area (Å²) in [5.74, 6) is 1.29. The largest absolute Gasteiger partial charge is 0.491 e. The number of aliphatic hydroxyl groups excluding tert-OH is 1. The van der Waals surface area contributed by atoms with E-state index in [2.05, 4.69) is 9.97 Å². The molecule has 0 aliphatic heterocycles. The van der Waals surface area contributed by atoms with E-state index >= 15 is 0 Å². The lowest BCUT2D eigenvalue weighted by molar-refractivity contribution is 0.282. The molecule has 17 heavy (non-hydrogen) atoms. The maximum absolute atomic E-state index is 9.06. The minimum Gasteiger partial charge on any atom is -0.491 e. The second-order valence-corrected chi connectivity index (χ2v) is 3.53. The molecule has 1 N–H and O–H groups in total. The van der Waals surface area contributed by atoms with Gasteiger partial charge in [0.25, 0.3) is 0 Å². The summed E-state index contributed by atoms with van der Waals surface area (Å²) >= 11 is 0. The van der Waals surface area contributed by atoms with Gasteiger partial charge < -0.3 is 9.84 Å². The fourth-order valence-corrected chi connectivity index (χ4v) is 1.52. The normalized spacial score (nSPS) is 10.2. The Hall–Kier alpha value is -1.94. The maximum Gasteiger partial charge on any atom is 0.159 e. The summed E-state index contributed by atoms with van der Waals surface area (Å²) in [6.45, 7) is 2.53. The monoisotopic (exact) mass is 230 g/mol. The maximum atomic E-state index is 9.06. The van der Waals surface area contributed by atoms with Gasteiger partial charge in [0, 0.05) is 5.56 Å². The van der Waals surface area contributed by atoms with Crippen LogP contribution in [0, 0.1) is 0 Å². The van der Waals surface area contributed by atoms with Crippen LogP contribution in [0.3, 0.4) is 0 Å². The highest BCUT2D eigenvalue weighted by atomic mass is 16.5. The van der Waals surface area contributed by atoms with Crippen molar-refractivity contribution >= 4 is 0 Å². The number of aliphatic hydroxyl groups is 1. The molecule has 0 unspecified atom stereocenters. The van der Waals surface area contributed by atoms with E-state index in [1.807, 2.05) is 31.2 Å². The zero-order valence-corrected chi connectivity index (χ0v) is 9.63. The molecule has 1 aromatic heterocycles. The summed E-state index contributed by atoms with van der Waals surface area (Å²) < 4.78 is 5.28. The van der Waals surface area contributed by atoms with Gasteiger partial charge in [-0.15, -0.1) is 0 Å². The number of nitrogens with zero attached hydrogens (tertiary/aromatic N) is 2. The van der Waals surface area contributed by atoms with Crippen LogP contribution in [0.15, 0.2) is 36.7 Å². The molecule has 0 fully saturated rings. The van der Waals surface area contributed by atoms with Crippen LogP contribution in [0.1, 0.15) is 12.5 Å². The minimum absolute atomic E-state index is 0.0187. The van der Waals surface area contributed by atoms with Gasteiger partial charge in [-0.25, -0.2) is 9.97 Å². The highest BCUT2D eigenvalue weighted by molar-refractivity contribution is 5.55. The lowest BCUT2D eigenvalue weighted by Crippen LogP contribution is -1.95. The molecule has 4 nitrogen and oxygen atoms in total. The molecule has 0 saturated carbocycles. The Labute approximate surface area is 99.9 Å². The average Bonchev–Trinajstić information content (AvgIpc) is 2.40. The van der Waals surface area contributed by atoms with Crippen molar-refractivity contribution < 1.29 is 9.84 Å². The van der Waals surface area contributed by atoms with Crippen LogP contribution in [0.5, 0.6) is 5.75 Å². The molecule has 1 aromatic carbocycles. The van der Waals surface area contributed by atoms with E-state index in [9.17, 15) is 0 Å². The van der Waals surface area contributed by atoms with E-state index < -0.39 is 0 Å². The van der Waals surface area contributed by atoms with Crippen molar-refractivity contribution in [2.24, 2.45) is 0 Å². The van der Waals surface area contributed by atoms with E-state index in [4.69, 9.17) is 9.84 Å². The lowest BCUT2D eigenvalue weighted by Gasteiger charge is -2.04. The molecular weight excluding hydrogens is 216 g/mol. The van der Waals surface area contributed by atoms with Crippen molar-refractivity contribution in [3.05, 3.63) is 42.2 Å². The summed E-state index contributed by atoms with van der Waals surface area (Å²) in [5, 5.41) is 9.06. The molecule has 88 valence electrons. The van der Waals surface area contributed by atoms with Crippen LogP contribution in [0.4, 0.5) is 0 Å². The molecule has 2 rings (SSSR count). The van der Waals surface area contributed by atoms with Gasteiger partial charge in [-0.3, -0.25) is 0 Å². The van der Waals surface area contributed by atoms with Crippen LogP contribution in [-0.2, 0) is 6.61 Å². The van der Waals surface area contributed by atoms with Crippen molar-refractivity contribution in [1.29, 1.82) is 0 Å². The minimum atomic E-state index is 0.0187. The van der Waals surface area contributed by atoms with E-state index in [1.54, 1.807) is 12.4 Å². The van der Waals surface area contributed by atoms with E-state index in [0.29, 0.717) is 18.2 Å². The van der Waals surface area contributed by atoms with E-state index in [0.717, 1.165) is 11.1 Å². The Bertz CT molecular complexity index is 483. The molecular formula is C13H14N2O2. The molecule has 0 aliphatic carbocycles. The van der Waals surface area contributed by atoms with Gasteiger partial charge in [-0.05, 0) is 18.6 Å². The summed E-state index contributed by atoms with van der Waals surface area (Å²) in [7, 11) is 0. The van der Waals surface area contributed by atoms with Crippen molar-refractivity contribution in [1.82, 2.24) is 9.97 Å². The number of aromatic nitrogens is 2. The van der Waals surface area contributed by atoms with Gasteiger partial charge in [0.2, 0.25) is 0 Å². The summed E-state index contributed by atoms with van der Waals surface area (Å²) in [5.41, 5.74) is 1.74. The molecule has 0 amide bonds. The summed E-state index contributed by atoms with van der Waals surface area (Å²) in [6, 6.07) is 7.52. The molecule has 0 spiro atoms. The quantitative estimate of drug-likeness (QED) is 0.873. The molecule has 0 aliphatic rings. The average molecular weight is 230 g/mol. The molecule has 1 heterocycles. The van der Waals surface area contributed by atoms with Gasteiger partial charge in [0.1, 0.15) is 0 Å². The third kappa shape index (κ3) is 2.79. The number of hydrogen-bond acceptors (Lipinski definition) is 4. The van der Waals surface area contributed by atoms with Crippen LogP contribution in [-0.4, -0.2) is 21.7 Å². The molecule has 0 radical (unpaired) electrons. The molecule has 2 aromatic rings. The Kier molecular flexibility index (Phi) is 3.67. The zero-order chi connectivity index (χ0) is 12.1. The van der Waals surface area contributed by atoms with Gasteiger partial charge in [-0.1, -0.05) is 18.2 Å². The first-order valence-electron chi connectivity index (χ1n) is 5.48. The highest BCUT2D eigenvalue weighted by Gasteiger charge is 2.02. The summed E-state index contributed by atoms with van der Waals surface area (Å²) in [6.07, 6.45) is 3.30. The number of hydrogen-bond donors (Lipinski definition) is 1. The zero-order valence-electron chi connectivity index (χ0n) is 9.63. The smallest absolute Gasteiger partial charge is 0.159 e. The Balaban J connectivity index is 2.26. The highest BCUT2D eigenvalue weighted by Crippen LogP contribution is 2.17. The Morgan fingerprint density at radius 3 is 2.65 bits per heavy atom. The molecule has 4 heteroatoms. The fourth-order valence-electron chi connectivity index (χ4n) is 1.52. The first kappa shape index (κ1) is 11.5. The van der Waals surface area contributed by atoms with Gasteiger partial charge >= 0.3 is 0 Å². The Morgan fingerprint density at radius 2 is 2.00 bits per heavy atom. The van der Waals surface area contributed by atoms with Crippen molar-refractivity contribution in [2.75, 3.05) is 6.61 Å². The van der Waals surface area contributed by atoms with Crippen LogP contribution < -0.4 is 4.74 Å². The topological polar surface area (TPSA) is 55.2 Å². The molecule has 0 saturated heterocycles. The second kappa shape index (κ2) is 5.41. The van der Waals surface area contributed by atoms with Gasteiger partial charge in [0.05, 0.1) is 25.6 Å². The predicted molar refractivity (Wildman–Crippen MR) is 64.6 cm³/mol. The second-order valence-electron chi connectivity index (χ2n) is 3.53. The first-order chi connectivity index (χ1) is 8.33. The molecule has 0 bridgehead atoms. The first-order valence-corrected chi connectivity index (χ1v) is 5.48. The Morgan fingerprint density at radius 1 is 1.24 bits per heavy atom. The summed E-state index contributed by atoms with van der Waals surface area (Å²) in [4.78, 5) is 8.45. The van der Waals surface area contributed by atoms with Crippen molar-refractivity contribution in [3.8, 4) is 17.1 Å². The third-order valence-corrected chi connectivity index (χ3v) is 2.31. The third-order valence-electron chi connectivity index (χ3n) is 2.31. The number of benzene rings is 1. The van der Waals surface area contributed by atoms with Gasteiger partial charge in [-0.2, -0.15) is 0 Å². The van der Waals surface area contributed by atoms with E-state index in [1.165, 1.54) is 0 Å². The van der Waals surface area contributed by atoms with Crippen molar-refractivity contribution in [3.63, 3.8) is 0 Å². The standard InChI is InChI=1S/C13H14N2O2/c1-2-17-12-7-14-13(15-8-12)11-5-3-4-10(6-11)9-16/h3-8,16H,2,9H2,1H3. The van der Waals surface area contributed by atoms with Crippen molar-refractivity contribution in [2.45, 2.75) is 13.5 Å². The van der Waals surface area contributed by atoms with Crippen LogP contribution in [0.25, 0.3) is 11.4 Å². The van der Waals surface area contributed by atoms with E-state index in [-0.39, 0.29) is 6.61 Å². The van der Waals surface area contributed by atoms with Gasteiger partial charge in [0.15, 0.2) is 11.6 Å². The fraction of sp³-hybridized carbons (Fsp3) is 0.231. The molecule has 0 atom stereocenters. The number of rotatable bonds is 4. The SMILES string of the molecule is CCOc1cnc(-c2cccc(CO)c2)nc1.